The van der Waals surface area contributed by atoms with E-state index in [0.717, 1.165) is 0 Å². The minimum absolute atomic E-state index is 0.0500. The van der Waals surface area contributed by atoms with Gasteiger partial charge in [0.15, 0.2) is 0 Å². The number of para-hydroxylation sites is 1. The van der Waals surface area contributed by atoms with Crippen molar-refractivity contribution in [2.24, 2.45) is 11.8 Å². The molecule has 0 saturated carbocycles. The van der Waals surface area contributed by atoms with Gasteiger partial charge in [0, 0.05) is 19.7 Å². The molecule has 5 atom stereocenters. The van der Waals surface area contributed by atoms with Gasteiger partial charge in [-0.1, -0.05) is 29.8 Å². The van der Waals surface area contributed by atoms with Crippen LogP contribution in [0.2, 0.25) is 5.02 Å². The van der Waals surface area contributed by atoms with Gasteiger partial charge in [0.05, 0.1) is 28.6 Å². The number of benzene rings is 1. The predicted molar refractivity (Wildman–Crippen MR) is 122 cm³/mol. The summed E-state index contributed by atoms with van der Waals surface area (Å²) in [6, 6.07) is 6.01. The normalized spacial score (nSPS) is 29.9. The smallest absolute Gasteiger partial charge is 0.310 e. The summed E-state index contributed by atoms with van der Waals surface area (Å²) in [6.07, 6.45) is 3.83. The Morgan fingerprint density at radius 3 is 2.73 bits per heavy atom. The molecule has 2 unspecified atom stereocenters. The number of carboxylic acid groups (broad SMARTS) is 1. The summed E-state index contributed by atoms with van der Waals surface area (Å²) in [5.74, 6) is -3.62. The molecule has 2 bridgehead atoms. The van der Waals surface area contributed by atoms with E-state index in [4.69, 9.17) is 21.4 Å². The molecule has 2 N–H and O–H groups in total. The summed E-state index contributed by atoms with van der Waals surface area (Å²) in [6.45, 7) is 4.28. The van der Waals surface area contributed by atoms with Gasteiger partial charge in [-0.15, -0.1) is 6.58 Å². The Hall–Kier alpha value is -2.42. The van der Waals surface area contributed by atoms with E-state index in [1.165, 1.54) is 9.80 Å². The molecule has 0 aromatic heterocycles. The number of hydrogen-bond donors (Lipinski definition) is 2. The molecule has 33 heavy (non-hydrogen) atoms. The molecule has 3 heterocycles. The first-order valence-electron chi connectivity index (χ1n) is 11.4. The SMILES string of the molecule is C=CCN(C(=O)C1N(CCCCCO)C(=O)[C@@H]2[C@@H](C(=O)O)[C@H]3CCC12O3)c1ccccc1Cl. The van der Waals surface area contributed by atoms with Crippen molar-refractivity contribution in [3.8, 4) is 0 Å². The van der Waals surface area contributed by atoms with Crippen LogP contribution in [0.15, 0.2) is 36.9 Å². The minimum atomic E-state index is -1.17. The number of fused-ring (bicyclic) bond motifs is 1. The fraction of sp³-hybridized carbons (Fsp3) is 0.542. The maximum atomic E-state index is 14.1. The number of rotatable bonds is 10. The highest BCUT2D eigenvalue weighted by Crippen LogP contribution is 2.58. The predicted octanol–water partition coefficient (Wildman–Crippen LogP) is 2.48. The van der Waals surface area contributed by atoms with Crippen LogP contribution in [-0.2, 0) is 19.1 Å². The molecule has 3 aliphatic heterocycles. The van der Waals surface area contributed by atoms with E-state index >= 15 is 0 Å². The van der Waals surface area contributed by atoms with Crippen molar-refractivity contribution >= 4 is 35.1 Å². The average molecular weight is 477 g/mol. The van der Waals surface area contributed by atoms with Crippen LogP contribution >= 0.6 is 11.6 Å². The van der Waals surface area contributed by atoms with Gasteiger partial charge in [-0.2, -0.15) is 0 Å². The molecule has 1 spiro atoms. The van der Waals surface area contributed by atoms with Crippen molar-refractivity contribution in [2.75, 3.05) is 24.6 Å². The van der Waals surface area contributed by atoms with Crippen molar-refractivity contribution in [3.63, 3.8) is 0 Å². The van der Waals surface area contributed by atoms with Crippen molar-refractivity contribution in [1.29, 1.82) is 0 Å². The zero-order valence-corrected chi connectivity index (χ0v) is 19.1. The fourth-order valence-electron chi connectivity index (χ4n) is 5.78. The number of carbonyl (C=O) groups excluding carboxylic acids is 2. The number of likely N-dealkylation sites (tertiary alicyclic amines) is 1. The first-order valence-corrected chi connectivity index (χ1v) is 11.7. The van der Waals surface area contributed by atoms with Gasteiger partial charge >= 0.3 is 5.97 Å². The second kappa shape index (κ2) is 9.44. The molecular formula is C24H29ClN2O6. The third kappa shape index (κ3) is 3.84. The number of carboxylic acids is 1. The lowest BCUT2D eigenvalue weighted by Gasteiger charge is -2.37. The van der Waals surface area contributed by atoms with E-state index in [1.807, 2.05) is 0 Å². The quantitative estimate of drug-likeness (QED) is 0.397. The molecule has 1 aromatic carbocycles. The van der Waals surface area contributed by atoms with E-state index in [-0.39, 0.29) is 31.5 Å². The molecule has 3 fully saturated rings. The van der Waals surface area contributed by atoms with E-state index < -0.39 is 35.6 Å². The third-order valence-electron chi connectivity index (χ3n) is 7.10. The van der Waals surface area contributed by atoms with E-state index in [2.05, 4.69) is 6.58 Å². The maximum Gasteiger partial charge on any atom is 0.310 e. The van der Waals surface area contributed by atoms with Gasteiger partial charge in [0.1, 0.15) is 11.6 Å². The van der Waals surface area contributed by atoms with Crippen LogP contribution in [0.3, 0.4) is 0 Å². The molecular weight excluding hydrogens is 448 g/mol. The summed E-state index contributed by atoms with van der Waals surface area (Å²) in [5.41, 5.74) is -0.668. The number of halogens is 1. The first kappa shape index (κ1) is 23.7. The number of unbranched alkanes of at least 4 members (excludes halogenated alkanes) is 2. The van der Waals surface area contributed by atoms with Crippen LogP contribution in [0.5, 0.6) is 0 Å². The monoisotopic (exact) mass is 476 g/mol. The third-order valence-corrected chi connectivity index (χ3v) is 7.42. The second-order valence-electron chi connectivity index (χ2n) is 8.90. The molecule has 178 valence electrons. The summed E-state index contributed by atoms with van der Waals surface area (Å²) in [4.78, 5) is 42.7. The Morgan fingerprint density at radius 2 is 2.06 bits per heavy atom. The van der Waals surface area contributed by atoms with Gasteiger partial charge in [-0.3, -0.25) is 14.4 Å². The van der Waals surface area contributed by atoms with Crippen molar-refractivity contribution in [3.05, 3.63) is 41.9 Å². The number of hydrogen-bond acceptors (Lipinski definition) is 5. The van der Waals surface area contributed by atoms with Crippen molar-refractivity contribution < 1.29 is 29.3 Å². The van der Waals surface area contributed by atoms with E-state index in [9.17, 15) is 19.5 Å². The molecule has 0 aliphatic carbocycles. The highest BCUT2D eigenvalue weighted by Gasteiger charge is 2.74. The molecule has 2 amide bonds. The van der Waals surface area contributed by atoms with Crippen LogP contribution in [0.4, 0.5) is 5.69 Å². The Bertz CT molecular complexity index is 955. The van der Waals surface area contributed by atoms with Crippen molar-refractivity contribution in [2.45, 2.75) is 49.9 Å². The summed E-state index contributed by atoms with van der Waals surface area (Å²) >= 11 is 6.40. The van der Waals surface area contributed by atoms with Crippen LogP contribution in [0, 0.1) is 11.8 Å². The zero-order valence-electron chi connectivity index (χ0n) is 18.4. The molecule has 4 rings (SSSR count). The second-order valence-corrected chi connectivity index (χ2v) is 9.31. The van der Waals surface area contributed by atoms with Gasteiger partial charge in [0.25, 0.3) is 5.91 Å². The standard InChI is InChI=1S/C24H29ClN2O6/c1-2-12-26(16-9-5-4-8-15(16)25)22(30)20-24-11-10-17(33-24)18(23(31)32)19(24)21(29)27(20)13-6-3-7-14-28/h2,4-5,8-9,17-20,28H,1,3,6-7,10-14H2,(H,31,32)/t17-,18+,19+,20?,24?/m1/s1. The molecule has 8 nitrogen and oxygen atoms in total. The summed E-state index contributed by atoms with van der Waals surface area (Å²) in [5, 5.41) is 19.3. The number of carbonyl (C=O) groups is 3. The van der Waals surface area contributed by atoms with Gasteiger partial charge in [-0.05, 0) is 44.2 Å². The van der Waals surface area contributed by atoms with Crippen LogP contribution < -0.4 is 4.90 Å². The summed E-state index contributed by atoms with van der Waals surface area (Å²) < 4.78 is 6.22. The van der Waals surface area contributed by atoms with Gasteiger partial charge in [-0.25, -0.2) is 0 Å². The Labute approximate surface area is 197 Å². The highest BCUT2D eigenvalue weighted by atomic mass is 35.5. The first-order chi connectivity index (χ1) is 15.9. The molecule has 3 aliphatic rings. The van der Waals surface area contributed by atoms with Gasteiger partial charge in [0.2, 0.25) is 5.91 Å². The van der Waals surface area contributed by atoms with Crippen LogP contribution in [0.1, 0.15) is 32.1 Å². The zero-order chi connectivity index (χ0) is 23.8. The fourth-order valence-corrected chi connectivity index (χ4v) is 6.02. The Balaban J connectivity index is 1.74. The summed E-state index contributed by atoms with van der Waals surface area (Å²) in [7, 11) is 0. The lowest BCUT2D eigenvalue weighted by molar-refractivity contribution is -0.149. The Morgan fingerprint density at radius 1 is 1.30 bits per heavy atom. The Kier molecular flexibility index (Phi) is 6.79. The lowest BCUT2D eigenvalue weighted by atomic mass is 9.70. The average Bonchev–Trinajstić information content (AvgIpc) is 3.43. The maximum absolute atomic E-state index is 14.1. The van der Waals surface area contributed by atoms with Crippen LogP contribution in [0.25, 0.3) is 0 Å². The van der Waals surface area contributed by atoms with Crippen LogP contribution in [-0.4, -0.2) is 70.3 Å². The number of aliphatic carboxylic acids is 1. The van der Waals surface area contributed by atoms with E-state index in [1.54, 1.807) is 30.3 Å². The number of aliphatic hydroxyl groups excluding tert-OH is 1. The molecule has 9 heteroatoms. The highest BCUT2D eigenvalue weighted by molar-refractivity contribution is 6.34. The lowest BCUT2D eigenvalue weighted by Crippen LogP contribution is -2.56. The number of amides is 2. The number of aliphatic hydroxyl groups is 1. The number of anilines is 1. The van der Waals surface area contributed by atoms with E-state index in [0.29, 0.717) is 42.8 Å². The van der Waals surface area contributed by atoms with Crippen molar-refractivity contribution in [1.82, 2.24) is 4.90 Å². The number of ether oxygens (including phenoxy) is 1. The number of nitrogens with zero attached hydrogens (tertiary/aromatic N) is 2. The topological polar surface area (TPSA) is 107 Å². The minimum Gasteiger partial charge on any atom is -0.481 e. The van der Waals surface area contributed by atoms with Gasteiger partial charge < -0.3 is 24.7 Å². The molecule has 0 radical (unpaired) electrons. The largest absolute Gasteiger partial charge is 0.481 e. The molecule has 1 aromatic rings. The molecule has 3 saturated heterocycles.